The molecule has 3 aromatic rings. The summed E-state index contributed by atoms with van der Waals surface area (Å²) in [6, 6.07) is 11.3. The highest BCUT2D eigenvalue weighted by molar-refractivity contribution is 7.98. The second-order valence-corrected chi connectivity index (χ2v) is 6.72. The second kappa shape index (κ2) is 8.48. The smallest absolute Gasteiger partial charge is 0.319 e. The molecule has 0 aliphatic rings. The number of carbonyl (C=O) groups is 1. The van der Waals surface area contributed by atoms with Gasteiger partial charge >= 0.3 is 6.03 Å². The van der Waals surface area contributed by atoms with E-state index in [2.05, 4.69) is 25.8 Å². The zero-order valence-electron chi connectivity index (χ0n) is 14.6. The summed E-state index contributed by atoms with van der Waals surface area (Å²) >= 11 is 1.58. The molecule has 0 fully saturated rings. The molecule has 0 radical (unpaired) electrons. The molecule has 0 aliphatic heterocycles. The number of carbonyl (C=O) groups excluding carboxylic acids is 1. The number of aromatic nitrogens is 4. The topological polar surface area (TPSA) is 84.7 Å². The first kappa shape index (κ1) is 17.9. The molecule has 0 saturated heterocycles. The Morgan fingerprint density at radius 3 is 2.73 bits per heavy atom. The summed E-state index contributed by atoms with van der Waals surface area (Å²) in [7, 11) is 1.89. The van der Waals surface area contributed by atoms with Crippen molar-refractivity contribution < 1.29 is 4.79 Å². The molecule has 0 aliphatic carbocycles. The molecule has 1 aromatic carbocycles. The lowest BCUT2D eigenvalue weighted by Gasteiger charge is -2.08. The van der Waals surface area contributed by atoms with Crippen LogP contribution in [-0.2, 0) is 19.3 Å². The van der Waals surface area contributed by atoms with Crippen molar-refractivity contribution >= 4 is 23.5 Å². The molecule has 0 atom stereocenters. The van der Waals surface area contributed by atoms with Gasteiger partial charge in [0, 0.05) is 30.9 Å². The molecule has 2 amide bonds. The Morgan fingerprint density at radius 1 is 1.19 bits per heavy atom. The summed E-state index contributed by atoms with van der Waals surface area (Å²) < 4.78 is 1.88. The van der Waals surface area contributed by atoms with Crippen LogP contribution in [0.25, 0.3) is 0 Å². The van der Waals surface area contributed by atoms with Crippen LogP contribution in [0.3, 0.4) is 0 Å². The molecule has 2 heterocycles. The van der Waals surface area contributed by atoms with Crippen LogP contribution in [0.5, 0.6) is 0 Å². The van der Waals surface area contributed by atoms with Gasteiger partial charge in [0.2, 0.25) is 0 Å². The van der Waals surface area contributed by atoms with Gasteiger partial charge in [0.25, 0.3) is 0 Å². The zero-order valence-corrected chi connectivity index (χ0v) is 15.5. The van der Waals surface area contributed by atoms with Crippen LogP contribution in [0.4, 0.5) is 10.5 Å². The number of aryl methyl sites for hydroxylation is 1. The van der Waals surface area contributed by atoms with E-state index in [9.17, 15) is 4.79 Å². The molecular weight excluding hydrogens is 348 g/mol. The number of amides is 2. The van der Waals surface area contributed by atoms with Gasteiger partial charge in [0.15, 0.2) is 11.0 Å². The summed E-state index contributed by atoms with van der Waals surface area (Å²) in [5, 5.41) is 14.7. The van der Waals surface area contributed by atoms with Crippen LogP contribution < -0.4 is 10.6 Å². The highest BCUT2D eigenvalue weighted by Gasteiger charge is 2.11. The van der Waals surface area contributed by atoms with Crippen LogP contribution in [0.1, 0.15) is 17.0 Å². The van der Waals surface area contributed by atoms with Crippen LogP contribution >= 0.6 is 11.8 Å². The number of benzene rings is 1. The average molecular weight is 368 g/mol. The van der Waals surface area contributed by atoms with E-state index in [-0.39, 0.29) is 6.03 Å². The summed E-state index contributed by atoms with van der Waals surface area (Å²) in [5.41, 5.74) is 3.02. The van der Waals surface area contributed by atoms with Gasteiger partial charge in [-0.05, 0) is 30.7 Å². The largest absolute Gasteiger partial charge is 0.331 e. The third-order valence-electron chi connectivity index (χ3n) is 3.73. The normalized spacial score (nSPS) is 10.5. The van der Waals surface area contributed by atoms with Crippen molar-refractivity contribution in [2.75, 3.05) is 5.32 Å². The average Bonchev–Trinajstić information content (AvgIpc) is 3.01. The van der Waals surface area contributed by atoms with Crippen LogP contribution in [0.15, 0.2) is 53.9 Å². The van der Waals surface area contributed by atoms with Crippen LogP contribution in [0, 0.1) is 6.92 Å². The molecule has 0 spiro atoms. The van der Waals surface area contributed by atoms with Gasteiger partial charge in [-0.3, -0.25) is 4.98 Å². The van der Waals surface area contributed by atoms with Gasteiger partial charge < -0.3 is 15.2 Å². The summed E-state index contributed by atoms with van der Waals surface area (Å²) in [5.74, 6) is 1.46. The van der Waals surface area contributed by atoms with E-state index in [1.165, 1.54) is 0 Å². The van der Waals surface area contributed by atoms with Gasteiger partial charge in [0.05, 0.1) is 6.54 Å². The number of anilines is 1. The maximum Gasteiger partial charge on any atom is 0.319 e. The van der Waals surface area contributed by atoms with E-state index in [1.807, 2.05) is 61.1 Å². The van der Waals surface area contributed by atoms with Gasteiger partial charge in [-0.15, -0.1) is 10.2 Å². The molecule has 3 rings (SSSR count). The Kier molecular flexibility index (Phi) is 5.85. The van der Waals surface area contributed by atoms with Gasteiger partial charge in [-0.1, -0.05) is 35.5 Å². The number of pyridine rings is 1. The Morgan fingerprint density at radius 2 is 2.00 bits per heavy atom. The third-order valence-corrected chi connectivity index (χ3v) is 4.82. The number of urea groups is 1. The van der Waals surface area contributed by atoms with Crippen molar-refractivity contribution in [2.45, 2.75) is 24.4 Å². The van der Waals surface area contributed by atoms with E-state index < -0.39 is 0 Å². The van der Waals surface area contributed by atoms with Gasteiger partial charge in [-0.25, -0.2) is 4.79 Å². The molecule has 0 unspecified atom stereocenters. The minimum atomic E-state index is -0.276. The molecule has 8 heteroatoms. The first-order valence-corrected chi connectivity index (χ1v) is 9.12. The Balaban J connectivity index is 1.51. The maximum atomic E-state index is 12.0. The van der Waals surface area contributed by atoms with E-state index in [4.69, 9.17) is 0 Å². The minimum Gasteiger partial charge on any atom is -0.331 e. The highest BCUT2D eigenvalue weighted by atomic mass is 32.2. The lowest BCUT2D eigenvalue weighted by molar-refractivity contribution is 0.251. The van der Waals surface area contributed by atoms with E-state index in [0.717, 1.165) is 27.7 Å². The quantitative estimate of drug-likeness (QED) is 0.653. The monoisotopic (exact) mass is 368 g/mol. The lowest BCUT2D eigenvalue weighted by atomic mass is 10.2. The highest BCUT2D eigenvalue weighted by Crippen LogP contribution is 2.20. The fraction of sp³-hybridized carbons (Fsp3) is 0.222. The lowest BCUT2D eigenvalue weighted by Crippen LogP contribution is -2.29. The third kappa shape index (κ3) is 4.82. The Hall–Kier alpha value is -2.87. The van der Waals surface area contributed by atoms with E-state index >= 15 is 0 Å². The summed E-state index contributed by atoms with van der Waals surface area (Å²) in [4.78, 5) is 16.1. The number of rotatable bonds is 6. The molecular formula is C18H20N6OS. The SMILES string of the molecule is Cc1ccc(NC(=O)NCc2nnc(SCc3cccnc3)n2C)cc1. The number of thioether (sulfide) groups is 1. The predicted molar refractivity (Wildman–Crippen MR) is 102 cm³/mol. The number of hydrogen-bond donors (Lipinski definition) is 2. The predicted octanol–water partition coefficient (Wildman–Crippen LogP) is 3.13. The first-order valence-electron chi connectivity index (χ1n) is 8.13. The number of hydrogen-bond acceptors (Lipinski definition) is 5. The molecule has 7 nitrogen and oxygen atoms in total. The first-order chi connectivity index (χ1) is 12.6. The number of nitrogens with one attached hydrogen (secondary N) is 2. The van der Waals surface area contributed by atoms with E-state index in [0.29, 0.717) is 12.4 Å². The molecule has 0 bridgehead atoms. The maximum absolute atomic E-state index is 12.0. The van der Waals surface area contributed by atoms with Gasteiger partial charge in [0.1, 0.15) is 0 Å². The van der Waals surface area contributed by atoms with Crippen LogP contribution in [-0.4, -0.2) is 25.8 Å². The summed E-state index contributed by atoms with van der Waals surface area (Å²) in [6.45, 7) is 2.30. The van der Waals surface area contributed by atoms with Crippen molar-refractivity contribution in [3.8, 4) is 0 Å². The zero-order chi connectivity index (χ0) is 18.4. The molecule has 2 aromatic heterocycles. The minimum absolute atomic E-state index is 0.276. The Bertz CT molecular complexity index is 863. The molecule has 134 valence electrons. The Labute approximate surface area is 156 Å². The van der Waals surface area contributed by atoms with Crippen molar-refractivity contribution in [1.82, 2.24) is 25.1 Å². The standard InChI is InChI=1S/C18H20N6OS/c1-13-5-7-15(8-6-13)21-17(25)20-11-16-22-23-18(24(16)2)26-12-14-4-3-9-19-10-14/h3-10H,11-12H2,1-2H3,(H2,20,21,25). The van der Waals surface area contributed by atoms with Crippen molar-refractivity contribution in [3.05, 3.63) is 65.7 Å². The molecule has 2 N–H and O–H groups in total. The second-order valence-electron chi connectivity index (χ2n) is 5.78. The number of nitrogens with zero attached hydrogens (tertiary/aromatic N) is 4. The van der Waals surface area contributed by atoms with E-state index in [1.54, 1.807) is 18.0 Å². The molecule has 26 heavy (non-hydrogen) atoms. The molecule has 0 saturated carbocycles. The van der Waals surface area contributed by atoms with Gasteiger partial charge in [-0.2, -0.15) is 0 Å². The fourth-order valence-corrected chi connectivity index (χ4v) is 3.09. The van der Waals surface area contributed by atoms with Crippen molar-refractivity contribution in [1.29, 1.82) is 0 Å². The fourth-order valence-electron chi connectivity index (χ4n) is 2.23. The van der Waals surface area contributed by atoms with Crippen LogP contribution in [0.2, 0.25) is 0 Å². The van der Waals surface area contributed by atoms with Crippen molar-refractivity contribution in [3.63, 3.8) is 0 Å². The van der Waals surface area contributed by atoms with Crippen molar-refractivity contribution in [2.24, 2.45) is 7.05 Å². The summed E-state index contributed by atoms with van der Waals surface area (Å²) in [6.07, 6.45) is 3.59.